The van der Waals surface area contributed by atoms with Crippen molar-refractivity contribution >= 4 is 34.7 Å². The number of rotatable bonds is 7. The predicted octanol–water partition coefficient (Wildman–Crippen LogP) is 4.50. The minimum atomic E-state index is -0.226. The van der Waals surface area contributed by atoms with Crippen molar-refractivity contribution in [1.29, 1.82) is 0 Å². The van der Waals surface area contributed by atoms with Gasteiger partial charge >= 0.3 is 0 Å². The smallest absolute Gasteiger partial charge is 0.233 e. The van der Waals surface area contributed by atoms with Gasteiger partial charge in [-0.05, 0) is 35.7 Å². The Morgan fingerprint density at radius 1 is 0.941 bits per heavy atom. The van der Waals surface area contributed by atoms with Crippen LogP contribution in [0, 0.1) is 5.82 Å². The second-order valence-electron chi connectivity index (χ2n) is 7.93. The first-order valence-electron chi connectivity index (χ1n) is 11.1. The molecule has 2 aromatic carbocycles. The van der Waals surface area contributed by atoms with Crippen molar-refractivity contribution in [2.45, 2.75) is 11.6 Å². The largest absolute Gasteiger partial charge is 0.366 e. The molecule has 1 aliphatic rings. The third-order valence-electron chi connectivity index (χ3n) is 5.78. The summed E-state index contributed by atoms with van der Waals surface area (Å²) in [5.74, 6) is 0.961. The van der Waals surface area contributed by atoms with Crippen LogP contribution in [0.25, 0.3) is 5.69 Å². The molecule has 1 aliphatic heterocycles. The van der Waals surface area contributed by atoms with E-state index in [0.29, 0.717) is 43.4 Å². The summed E-state index contributed by atoms with van der Waals surface area (Å²) >= 11 is 3.10. The summed E-state index contributed by atoms with van der Waals surface area (Å²) in [6, 6.07) is 20.9. The van der Waals surface area contributed by atoms with Crippen molar-refractivity contribution in [2.24, 2.45) is 0 Å². The summed E-state index contributed by atoms with van der Waals surface area (Å²) in [7, 11) is 0. The predicted molar refractivity (Wildman–Crippen MR) is 134 cm³/mol. The van der Waals surface area contributed by atoms with Gasteiger partial charge in [-0.3, -0.25) is 9.36 Å². The van der Waals surface area contributed by atoms with E-state index in [1.165, 1.54) is 22.7 Å². The molecule has 1 amide bonds. The van der Waals surface area contributed by atoms with Crippen molar-refractivity contribution in [3.8, 4) is 5.69 Å². The fraction of sp³-hybridized carbons (Fsp3) is 0.240. The highest BCUT2D eigenvalue weighted by Crippen LogP contribution is 2.25. The normalized spacial score (nSPS) is 13.9. The lowest BCUT2D eigenvalue weighted by Crippen LogP contribution is -2.49. The van der Waals surface area contributed by atoms with E-state index in [1.807, 2.05) is 56.8 Å². The van der Waals surface area contributed by atoms with E-state index in [4.69, 9.17) is 0 Å². The molecule has 0 atom stereocenters. The van der Waals surface area contributed by atoms with Gasteiger partial charge in [-0.1, -0.05) is 48.2 Å². The number of para-hydroxylation sites is 2. The van der Waals surface area contributed by atoms with Crippen LogP contribution in [0.2, 0.25) is 0 Å². The molecule has 174 valence electrons. The Morgan fingerprint density at radius 3 is 2.44 bits per heavy atom. The van der Waals surface area contributed by atoms with Gasteiger partial charge in [-0.15, -0.1) is 21.5 Å². The highest BCUT2D eigenvalue weighted by atomic mass is 32.2. The van der Waals surface area contributed by atoms with Gasteiger partial charge < -0.3 is 9.80 Å². The van der Waals surface area contributed by atoms with Crippen molar-refractivity contribution in [1.82, 2.24) is 19.7 Å². The molecule has 0 bridgehead atoms. The number of amides is 1. The Bertz CT molecular complexity index is 1240. The molecular formula is C25H24FN5OS2. The van der Waals surface area contributed by atoms with Crippen LogP contribution in [0.3, 0.4) is 0 Å². The highest BCUT2D eigenvalue weighted by molar-refractivity contribution is 7.99. The summed E-state index contributed by atoms with van der Waals surface area (Å²) in [5.41, 5.74) is 1.57. The van der Waals surface area contributed by atoms with E-state index < -0.39 is 0 Å². The number of carbonyl (C=O) groups excluding carboxylic acids is 1. The Hall–Kier alpha value is -3.17. The summed E-state index contributed by atoms with van der Waals surface area (Å²) < 4.78 is 16.1. The molecule has 0 unspecified atom stereocenters. The number of piperazine rings is 1. The van der Waals surface area contributed by atoms with Crippen molar-refractivity contribution in [2.75, 3.05) is 36.8 Å². The van der Waals surface area contributed by atoms with E-state index in [-0.39, 0.29) is 17.5 Å². The zero-order valence-electron chi connectivity index (χ0n) is 18.5. The Labute approximate surface area is 206 Å². The molecule has 0 radical (unpaired) electrons. The van der Waals surface area contributed by atoms with Crippen LogP contribution in [0.15, 0.2) is 77.3 Å². The van der Waals surface area contributed by atoms with Gasteiger partial charge in [0.15, 0.2) is 5.16 Å². The quantitative estimate of drug-likeness (QED) is 0.355. The van der Waals surface area contributed by atoms with Gasteiger partial charge in [-0.2, -0.15) is 0 Å². The zero-order chi connectivity index (χ0) is 23.3. The average Bonchev–Trinajstić information content (AvgIpc) is 3.54. The number of anilines is 1. The van der Waals surface area contributed by atoms with E-state index in [9.17, 15) is 9.18 Å². The zero-order valence-corrected chi connectivity index (χ0v) is 20.1. The topological polar surface area (TPSA) is 54.3 Å². The lowest BCUT2D eigenvalue weighted by atomic mass is 10.2. The van der Waals surface area contributed by atoms with E-state index in [1.54, 1.807) is 23.5 Å². The molecule has 5 rings (SSSR count). The minimum Gasteiger partial charge on any atom is -0.366 e. The van der Waals surface area contributed by atoms with Gasteiger partial charge in [0, 0.05) is 43.2 Å². The number of hydrogen-bond donors (Lipinski definition) is 0. The molecule has 3 heterocycles. The molecule has 1 fully saturated rings. The van der Waals surface area contributed by atoms with Gasteiger partial charge in [-0.25, -0.2) is 4.39 Å². The van der Waals surface area contributed by atoms with Crippen LogP contribution in [-0.4, -0.2) is 57.5 Å². The number of benzene rings is 2. The van der Waals surface area contributed by atoms with Crippen LogP contribution >= 0.6 is 23.1 Å². The fourth-order valence-corrected chi connectivity index (χ4v) is 5.61. The summed E-state index contributed by atoms with van der Waals surface area (Å²) in [4.78, 5) is 18.0. The van der Waals surface area contributed by atoms with Gasteiger partial charge in [0.25, 0.3) is 0 Å². The van der Waals surface area contributed by atoms with E-state index >= 15 is 0 Å². The monoisotopic (exact) mass is 493 g/mol. The standard InChI is InChI=1S/C25H24FN5OS2/c26-21-10-4-5-11-22(21)29-12-14-30(15-13-29)24(32)18-34-25-28-27-23(17-20-9-6-16-33-20)31(25)19-7-2-1-3-8-19/h1-11,16H,12-15,17-18H2. The van der Waals surface area contributed by atoms with Gasteiger partial charge in [0.1, 0.15) is 11.6 Å². The van der Waals surface area contributed by atoms with Crippen LogP contribution in [0.1, 0.15) is 10.7 Å². The van der Waals surface area contributed by atoms with Crippen molar-refractivity contribution in [3.05, 3.63) is 88.6 Å². The maximum Gasteiger partial charge on any atom is 0.233 e. The molecule has 0 N–H and O–H groups in total. The van der Waals surface area contributed by atoms with Crippen molar-refractivity contribution < 1.29 is 9.18 Å². The molecule has 0 aliphatic carbocycles. The van der Waals surface area contributed by atoms with E-state index in [2.05, 4.69) is 21.6 Å². The number of nitrogens with zero attached hydrogens (tertiary/aromatic N) is 5. The Kier molecular flexibility index (Phi) is 6.92. The lowest BCUT2D eigenvalue weighted by molar-refractivity contribution is -0.128. The van der Waals surface area contributed by atoms with E-state index in [0.717, 1.165) is 11.5 Å². The molecule has 0 spiro atoms. The summed E-state index contributed by atoms with van der Waals surface area (Å²) in [6.45, 7) is 2.37. The fourth-order valence-electron chi connectivity index (χ4n) is 4.04. The first-order chi connectivity index (χ1) is 16.7. The molecule has 6 nitrogen and oxygen atoms in total. The second kappa shape index (κ2) is 10.4. The Morgan fingerprint density at radius 2 is 1.71 bits per heavy atom. The molecule has 34 heavy (non-hydrogen) atoms. The van der Waals surface area contributed by atoms with Crippen LogP contribution < -0.4 is 4.90 Å². The van der Waals surface area contributed by atoms with Crippen LogP contribution in [-0.2, 0) is 11.2 Å². The number of hydrogen-bond acceptors (Lipinski definition) is 6. The third-order valence-corrected chi connectivity index (χ3v) is 7.57. The third kappa shape index (κ3) is 5.00. The van der Waals surface area contributed by atoms with Crippen LogP contribution in [0.4, 0.5) is 10.1 Å². The average molecular weight is 494 g/mol. The summed E-state index contributed by atoms with van der Waals surface area (Å²) in [5, 5.41) is 11.6. The summed E-state index contributed by atoms with van der Waals surface area (Å²) in [6.07, 6.45) is 0.687. The lowest BCUT2D eigenvalue weighted by Gasteiger charge is -2.36. The Balaban J connectivity index is 1.25. The maximum atomic E-state index is 14.1. The van der Waals surface area contributed by atoms with Crippen molar-refractivity contribution in [3.63, 3.8) is 0 Å². The number of aromatic nitrogens is 3. The molecule has 0 saturated carbocycles. The minimum absolute atomic E-state index is 0.0561. The number of halogens is 1. The molecular weight excluding hydrogens is 469 g/mol. The van der Waals surface area contributed by atoms with Crippen LogP contribution in [0.5, 0.6) is 0 Å². The number of carbonyl (C=O) groups is 1. The molecule has 4 aromatic rings. The molecule has 9 heteroatoms. The second-order valence-corrected chi connectivity index (χ2v) is 9.91. The van der Waals surface area contributed by atoms with Gasteiger partial charge in [0.2, 0.25) is 5.91 Å². The number of thioether (sulfide) groups is 1. The highest BCUT2D eigenvalue weighted by Gasteiger charge is 2.24. The number of thiophene rings is 1. The molecule has 2 aromatic heterocycles. The van der Waals surface area contributed by atoms with Gasteiger partial charge in [0.05, 0.1) is 11.4 Å². The first kappa shape index (κ1) is 22.6. The SMILES string of the molecule is O=C(CSc1nnc(Cc2cccs2)n1-c1ccccc1)N1CCN(c2ccccc2F)CC1. The maximum absolute atomic E-state index is 14.1. The first-order valence-corrected chi connectivity index (χ1v) is 13.0. The molecule has 1 saturated heterocycles.